The van der Waals surface area contributed by atoms with E-state index >= 15 is 0 Å². The molecule has 0 aromatic heterocycles. The van der Waals surface area contributed by atoms with Crippen LogP contribution in [0.1, 0.15) is 34.0 Å². The molecule has 25 heavy (non-hydrogen) atoms. The predicted octanol–water partition coefficient (Wildman–Crippen LogP) is 5.07. The molecule has 1 atom stereocenters. The van der Waals surface area contributed by atoms with Gasteiger partial charge in [0.05, 0.1) is 0 Å². The molecule has 1 N–H and O–H groups in total. The van der Waals surface area contributed by atoms with Crippen LogP contribution in [0.25, 0.3) is 10.8 Å². The average Bonchev–Trinajstić information content (AvgIpc) is 2.62. The molecule has 0 fully saturated rings. The summed E-state index contributed by atoms with van der Waals surface area (Å²) in [6.45, 7) is 6.85. The first-order valence-electron chi connectivity index (χ1n) is 8.86. The summed E-state index contributed by atoms with van der Waals surface area (Å²) in [6, 6.07) is 20.9. The van der Waals surface area contributed by atoms with Gasteiger partial charge in [-0.2, -0.15) is 0 Å². The van der Waals surface area contributed by atoms with E-state index in [0.29, 0.717) is 12.5 Å². The van der Waals surface area contributed by atoms with E-state index in [1.165, 1.54) is 16.3 Å². The fraction of sp³-hybridized carbons (Fsp3) is 0.261. The number of fused-ring (bicyclic) bond motifs is 1. The molecular weight excluding hydrogens is 306 g/mol. The molecule has 0 saturated heterocycles. The summed E-state index contributed by atoms with van der Waals surface area (Å²) in [6.07, 6.45) is 0.953. The number of carbonyl (C=O) groups is 1. The van der Waals surface area contributed by atoms with Crippen molar-refractivity contribution in [1.29, 1.82) is 0 Å². The van der Waals surface area contributed by atoms with Crippen LogP contribution in [0.4, 0.5) is 0 Å². The van der Waals surface area contributed by atoms with Gasteiger partial charge in [0.15, 0.2) is 0 Å². The Balaban J connectivity index is 1.65. The van der Waals surface area contributed by atoms with Gasteiger partial charge < -0.3 is 5.32 Å². The molecule has 3 aromatic rings. The van der Waals surface area contributed by atoms with Crippen molar-refractivity contribution in [2.75, 3.05) is 6.54 Å². The summed E-state index contributed by atoms with van der Waals surface area (Å²) >= 11 is 0. The molecule has 0 spiro atoms. The van der Waals surface area contributed by atoms with Crippen molar-refractivity contribution in [1.82, 2.24) is 5.32 Å². The Bertz CT molecular complexity index is 892. The molecule has 0 unspecified atom stereocenters. The van der Waals surface area contributed by atoms with Gasteiger partial charge in [0, 0.05) is 12.1 Å². The molecule has 128 valence electrons. The predicted molar refractivity (Wildman–Crippen MR) is 105 cm³/mol. The Hall–Kier alpha value is -2.61. The van der Waals surface area contributed by atoms with E-state index in [-0.39, 0.29) is 5.91 Å². The maximum absolute atomic E-state index is 12.5. The van der Waals surface area contributed by atoms with Gasteiger partial charge in [0.1, 0.15) is 0 Å². The van der Waals surface area contributed by atoms with Crippen LogP contribution in [0, 0.1) is 19.8 Å². The van der Waals surface area contributed by atoms with Crippen LogP contribution < -0.4 is 5.32 Å². The molecular formula is C23H25NO. The van der Waals surface area contributed by atoms with Crippen molar-refractivity contribution < 1.29 is 4.79 Å². The van der Waals surface area contributed by atoms with Crippen LogP contribution in [0.5, 0.6) is 0 Å². The molecule has 1 amide bonds. The molecule has 2 nitrogen and oxygen atoms in total. The van der Waals surface area contributed by atoms with E-state index in [1.54, 1.807) is 0 Å². The van der Waals surface area contributed by atoms with Gasteiger partial charge in [-0.15, -0.1) is 0 Å². The van der Waals surface area contributed by atoms with Crippen LogP contribution in [-0.4, -0.2) is 12.5 Å². The summed E-state index contributed by atoms with van der Waals surface area (Å²) < 4.78 is 0. The second-order valence-corrected chi connectivity index (χ2v) is 6.98. The van der Waals surface area contributed by atoms with Gasteiger partial charge in [-0.1, -0.05) is 67.1 Å². The third-order valence-electron chi connectivity index (χ3n) is 4.70. The lowest BCUT2D eigenvalue weighted by atomic mass is 9.96. The molecule has 0 heterocycles. The number of nitrogens with one attached hydrogen (secondary N) is 1. The molecule has 3 aromatic carbocycles. The van der Waals surface area contributed by atoms with E-state index in [1.807, 2.05) is 32.0 Å². The fourth-order valence-corrected chi connectivity index (χ4v) is 3.26. The summed E-state index contributed by atoms with van der Waals surface area (Å²) in [4.78, 5) is 12.5. The van der Waals surface area contributed by atoms with Crippen LogP contribution >= 0.6 is 0 Å². The number of carbonyl (C=O) groups excluding carboxylic acids is 1. The highest BCUT2D eigenvalue weighted by Gasteiger charge is 2.12. The molecule has 0 aliphatic heterocycles. The van der Waals surface area contributed by atoms with Crippen LogP contribution in [0.3, 0.4) is 0 Å². The van der Waals surface area contributed by atoms with Crippen molar-refractivity contribution in [2.45, 2.75) is 27.2 Å². The number of hydrogen-bond acceptors (Lipinski definition) is 1. The minimum atomic E-state index is 0.0194. The van der Waals surface area contributed by atoms with Crippen molar-refractivity contribution >= 4 is 16.7 Å². The minimum Gasteiger partial charge on any atom is -0.352 e. The van der Waals surface area contributed by atoms with Crippen LogP contribution in [0.15, 0.2) is 60.7 Å². The fourth-order valence-electron chi connectivity index (χ4n) is 3.26. The molecule has 0 aliphatic rings. The van der Waals surface area contributed by atoms with E-state index < -0.39 is 0 Å². The monoisotopic (exact) mass is 331 g/mol. The molecule has 2 heteroatoms. The highest BCUT2D eigenvalue weighted by molar-refractivity contribution is 5.95. The van der Waals surface area contributed by atoms with Gasteiger partial charge in [0.2, 0.25) is 0 Å². The van der Waals surface area contributed by atoms with E-state index in [0.717, 1.165) is 23.1 Å². The zero-order valence-electron chi connectivity index (χ0n) is 15.2. The number of rotatable bonds is 5. The highest BCUT2D eigenvalue weighted by Crippen LogP contribution is 2.21. The zero-order valence-corrected chi connectivity index (χ0v) is 15.2. The SMILES string of the molecule is Cc1ccc(C)c(C(=O)NC[C@@H](C)Cc2cccc3ccccc23)c1. The Morgan fingerprint density at radius 3 is 2.60 bits per heavy atom. The number of aryl methyl sites for hydroxylation is 2. The van der Waals surface area contributed by atoms with Gasteiger partial charge in [-0.25, -0.2) is 0 Å². The maximum atomic E-state index is 12.5. The Morgan fingerprint density at radius 2 is 1.76 bits per heavy atom. The summed E-state index contributed by atoms with van der Waals surface area (Å²) in [5.74, 6) is 0.394. The standard InChI is InChI=1S/C23H25NO/c1-16-11-12-18(3)22(14-16)23(25)24-15-17(2)13-20-9-6-8-19-7-4-5-10-21(19)20/h4-12,14,17H,13,15H2,1-3H3,(H,24,25)/t17-/m0/s1. The smallest absolute Gasteiger partial charge is 0.251 e. The topological polar surface area (TPSA) is 29.1 Å². The normalized spacial score (nSPS) is 12.1. The summed E-state index contributed by atoms with van der Waals surface area (Å²) in [7, 11) is 0. The third kappa shape index (κ3) is 4.08. The van der Waals surface area contributed by atoms with E-state index in [2.05, 4.69) is 54.7 Å². The van der Waals surface area contributed by atoms with Crippen LogP contribution in [-0.2, 0) is 6.42 Å². The van der Waals surface area contributed by atoms with Crippen molar-refractivity contribution in [3.8, 4) is 0 Å². The van der Waals surface area contributed by atoms with Gasteiger partial charge in [-0.05, 0) is 54.2 Å². The lowest BCUT2D eigenvalue weighted by molar-refractivity contribution is 0.0947. The summed E-state index contributed by atoms with van der Waals surface area (Å²) in [5.41, 5.74) is 4.24. The first-order valence-corrected chi connectivity index (χ1v) is 8.86. The number of hydrogen-bond donors (Lipinski definition) is 1. The van der Waals surface area contributed by atoms with Gasteiger partial charge in [0.25, 0.3) is 5.91 Å². The lowest BCUT2D eigenvalue weighted by Gasteiger charge is -2.15. The van der Waals surface area contributed by atoms with Crippen molar-refractivity contribution in [3.05, 3.63) is 82.9 Å². The molecule has 3 rings (SSSR count). The summed E-state index contributed by atoms with van der Waals surface area (Å²) in [5, 5.41) is 5.67. The van der Waals surface area contributed by atoms with E-state index in [9.17, 15) is 4.79 Å². The third-order valence-corrected chi connectivity index (χ3v) is 4.70. The van der Waals surface area contributed by atoms with Crippen LogP contribution in [0.2, 0.25) is 0 Å². The molecule has 0 radical (unpaired) electrons. The highest BCUT2D eigenvalue weighted by atomic mass is 16.1. The number of benzene rings is 3. The van der Waals surface area contributed by atoms with Crippen molar-refractivity contribution in [3.63, 3.8) is 0 Å². The lowest BCUT2D eigenvalue weighted by Crippen LogP contribution is -2.29. The second kappa shape index (κ2) is 7.52. The largest absolute Gasteiger partial charge is 0.352 e. The Labute approximate surface area is 149 Å². The molecule has 0 saturated carbocycles. The first kappa shape index (κ1) is 17.2. The van der Waals surface area contributed by atoms with Crippen molar-refractivity contribution in [2.24, 2.45) is 5.92 Å². The number of amides is 1. The molecule has 0 bridgehead atoms. The Kier molecular flexibility index (Phi) is 5.18. The first-order chi connectivity index (χ1) is 12.0. The van der Waals surface area contributed by atoms with Gasteiger partial charge >= 0.3 is 0 Å². The zero-order chi connectivity index (χ0) is 17.8. The minimum absolute atomic E-state index is 0.0194. The molecule has 0 aliphatic carbocycles. The average molecular weight is 331 g/mol. The Morgan fingerprint density at radius 1 is 1.00 bits per heavy atom. The van der Waals surface area contributed by atoms with E-state index in [4.69, 9.17) is 0 Å². The maximum Gasteiger partial charge on any atom is 0.251 e. The second-order valence-electron chi connectivity index (χ2n) is 6.98. The van der Waals surface area contributed by atoms with Gasteiger partial charge in [-0.3, -0.25) is 4.79 Å². The quantitative estimate of drug-likeness (QED) is 0.695.